The molecule has 0 saturated heterocycles. The normalized spacial score (nSPS) is 12.1. The Labute approximate surface area is 178 Å². The number of nitrogens with zero attached hydrogens (tertiary/aromatic N) is 2. The van der Waals surface area contributed by atoms with Crippen LogP contribution in [-0.2, 0) is 21.2 Å². The lowest BCUT2D eigenvalue weighted by molar-refractivity contribution is 0.208. The van der Waals surface area contributed by atoms with Gasteiger partial charge < -0.3 is 15.4 Å². The van der Waals surface area contributed by atoms with Crippen molar-refractivity contribution in [3.8, 4) is 0 Å². The van der Waals surface area contributed by atoms with E-state index in [9.17, 15) is 8.42 Å². The van der Waals surface area contributed by atoms with Crippen LogP contribution < -0.4 is 10.6 Å². The van der Waals surface area contributed by atoms with E-state index in [4.69, 9.17) is 4.74 Å². The van der Waals surface area contributed by atoms with Gasteiger partial charge in [-0.15, -0.1) is 35.3 Å². The van der Waals surface area contributed by atoms with Gasteiger partial charge in [0.2, 0.25) is 0 Å². The Morgan fingerprint density at radius 1 is 1.23 bits per heavy atom. The summed E-state index contributed by atoms with van der Waals surface area (Å²) in [6.07, 6.45) is 0.743. The lowest BCUT2D eigenvalue weighted by atomic mass is 10.3. The highest BCUT2D eigenvalue weighted by molar-refractivity contribution is 14.0. The largest absolute Gasteiger partial charge is 0.383 e. The van der Waals surface area contributed by atoms with Crippen molar-refractivity contribution in [2.45, 2.75) is 31.4 Å². The molecule has 0 unspecified atom stereocenters. The third-order valence-electron chi connectivity index (χ3n) is 3.51. The number of hydrogen-bond acceptors (Lipinski definition) is 5. The van der Waals surface area contributed by atoms with Crippen LogP contribution in [-0.4, -0.2) is 65.1 Å². The van der Waals surface area contributed by atoms with Gasteiger partial charge in [0.25, 0.3) is 10.0 Å². The molecule has 152 valence electrons. The van der Waals surface area contributed by atoms with E-state index >= 15 is 0 Å². The minimum Gasteiger partial charge on any atom is -0.383 e. The molecule has 0 saturated carbocycles. The standard InChI is InChI=1S/C16H30N4O3S2.HI/c1-5-17-16(19-12-13-23-4)18-11-10-14-8-9-15(24-14)25(21,22)20(6-2)7-3;/h8-9H,5-7,10-13H2,1-4H3,(H2,17,18,19);1H. The van der Waals surface area contributed by atoms with Crippen molar-refractivity contribution < 1.29 is 13.2 Å². The number of nitrogens with one attached hydrogen (secondary N) is 2. The maximum absolute atomic E-state index is 12.5. The Balaban J connectivity index is 0.00000625. The third-order valence-corrected chi connectivity index (χ3v) is 7.17. The fraction of sp³-hybridized carbons (Fsp3) is 0.688. The van der Waals surface area contributed by atoms with Crippen LogP contribution in [0.2, 0.25) is 0 Å². The molecule has 10 heteroatoms. The first kappa shape index (κ1) is 25.6. The zero-order valence-electron chi connectivity index (χ0n) is 15.9. The summed E-state index contributed by atoms with van der Waals surface area (Å²) in [5.74, 6) is 0.743. The Hall–Kier alpha value is -0.430. The third kappa shape index (κ3) is 8.07. The Bertz CT molecular complexity index is 631. The fourth-order valence-corrected chi connectivity index (χ4v) is 5.18. The summed E-state index contributed by atoms with van der Waals surface area (Å²) in [6, 6.07) is 3.59. The molecule has 0 spiro atoms. The molecule has 0 aliphatic carbocycles. The van der Waals surface area contributed by atoms with Crippen molar-refractivity contribution in [1.82, 2.24) is 14.9 Å². The van der Waals surface area contributed by atoms with Crippen LogP contribution in [0.25, 0.3) is 0 Å². The van der Waals surface area contributed by atoms with E-state index < -0.39 is 10.0 Å². The molecule has 1 aromatic rings. The molecule has 0 aromatic carbocycles. The lowest BCUT2D eigenvalue weighted by Crippen LogP contribution is -2.38. The smallest absolute Gasteiger partial charge is 0.252 e. The first-order valence-electron chi connectivity index (χ1n) is 8.59. The molecule has 2 N–H and O–H groups in total. The predicted octanol–water partition coefficient (Wildman–Crippen LogP) is 2.14. The Morgan fingerprint density at radius 2 is 1.92 bits per heavy atom. The summed E-state index contributed by atoms with van der Waals surface area (Å²) in [7, 11) is -1.71. The van der Waals surface area contributed by atoms with Gasteiger partial charge in [0.05, 0.1) is 13.2 Å². The topological polar surface area (TPSA) is 83.0 Å². The molecule has 7 nitrogen and oxygen atoms in total. The van der Waals surface area contributed by atoms with E-state index in [-0.39, 0.29) is 24.0 Å². The molecule has 0 bridgehead atoms. The van der Waals surface area contributed by atoms with Gasteiger partial charge >= 0.3 is 0 Å². The molecule has 0 fully saturated rings. The minimum atomic E-state index is -3.36. The lowest BCUT2D eigenvalue weighted by Gasteiger charge is -2.16. The van der Waals surface area contributed by atoms with Crippen molar-refractivity contribution in [1.29, 1.82) is 0 Å². The average Bonchev–Trinajstić information content (AvgIpc) is 3.06. The highest BCUT2D eigenvalue weighted by atomic mass is 127. The van der Waals surface area contributed by atoms with Gasteiger partial charge in [-0.05, 0) is 25.5 Å². The summed E-state index contributed by atoms with van der Waals surface area (Å²) < 4.78 is 31.9. The summed E-state index contributed by atoms with van der Waals surface area (Å²) in [6.45, 7) is 9.32. The maximum Gasteiger partial charge on any atom is 0.252 e. The van der Waals surface area contributed by atoms with Gasteiger partial charge in [-0.25, -0.2) is 8.42 Å². The second-order valence-electron chi connectivity index (χ2n) is 5.24. The first-order valence-corrected chi connectivity index (χ1v) is 10.8. The summed E-state index contributed by atoms with van der Waals surface area (Å²) >= 11 is 1.34. The highest BCUT2D eigenvalue weighted by Gasteiger charge is 2.23. The number of aliphatic imine (C=N–C) groups is 1. The van der Waals surface area contributed by atoms with Gasteiger partial charge in [0.1, 0.15) is 4.21 Å². The monoisotopic (exact) mass is 518 g/mol. The number of guanidine groups is 1. The number of hydrogen-bond donors (Lipinski definition) is 2. The van der Waals surface area contributed by atoms with Crippen LogP contribution in [0.15, 0.2) is 21.3 Å². The first-order chi connectivity index (χ1) is 12.0. The van der Waals surface area contributed by atoms with E-state index in [1.54, 1.807) is 13.2 Å². The molecule has 1 heterocycles. The fourth-order valence-electron chi connectivity index (χ4n) is 2.22. The molecule has 0 atom stereocenters. The highest BCUT2D eigenvalue weighted by Crippen LogP contribution is 2.25. The molecular formula is C16H31IN4O3S2. The molecule has 26 heavy (non-hydrogen) atoms. The van der Waals surface area contributed by atoms with Crippen molar-refractivity contribution in [2.24, 2.45) is 4.99 Å². The van der Waals surface area contributed by atoms with E-state index in [1.165, 1.54) is 15.6 Å². The van der Waals surface area contributed by atoms with Crippen LogP contribution >= 0.6 is 35.3 Å². The zero-order chi connectivity index (χ0) is 18.7. The van der Waals surface area contributed by atoms with Crippen LogP contribution in [0.3, 0.4) is 0 Å². The summed E-state index contributed by atoms with van der Waals surface area (Å²) in [4.78, 5) is 5.43. The molecule has 1 aromatic heterocycles. The van der Waals surface area contributed by atoms with E-state index in [1.807, 2.05) is 26.8 Å². The number of rotatable bonds is 11. The predicted molar refractivity (Wildman–Crippen MR) is 119 cm³/mol. The molecule has 1 rings (SSSR count). The van der Waals surface area contributed by atoms with Crippen molar-refractivity contribution >= 4 is 51.3 Å². The van der Waals surface area contributed by atoms with Gasteiger partial charge in [-0.2, -0.15) is 4.31 Å². The van der Waals surface area contributed by atoms with Crippen LogP contribution in [0.4, 0.5) is 0 Å². The quantitative estimate of drug-likeness (QED) is 0.203. The number of ether oxygens (including phenoxy) is 1. The van der Waals surface area contributed by atoms with Gasteiger partial charge in [-0.3, -0.25) is 4.99 Å². The zero-order valence-corrected chi connectivity index (χ0v) is 19.9. The summed E-state index contributed by atoms with van der Waals surface area (Å²) in [5.41, 5.74) is 0. The van der Waals surface area contributed by atoms with Gasteiger partial charge in [0.15, 0.2) is 5.96 Å². The van der Waals surface area contributed by atoms with Gasteiger partial charge in [0, 0.05) is 38.2 Å². The maximum atomic E-state index is 12.5. The van der Waals surface area contributed by atoms with Crippen molar-refractivity contribution in [3.63, 3.8) is 0 Å². The van der Waals surface area contributed by atoms with E-state index in [2.05, 4.69) is 15.6 Å². The van der Waals surface area contributed by atoms with E-state index in [0.29, 0.717) is 37.0 Å². The SMILES string of the molecule is CCNC(=NCCOC)NCCc1ccc(S(=O)(=O)N(CC)CC)s1.I. The molecule has 0 radical (unpaired) electrons. The van der Waals surface area contributed by atoms with Crippen LogP contribution in [0, 0.1) is 0 Å². The van der Waals surface area contributed by atoms with Crippen LogP contribution in [0.1, 0.15) is 25.6 Å². The van der Waals surface area contributed by atoms with Crippen LogP contribution in [0.5, 0.6) is 0 Å². The Morgan fingerprint density at radius 3 is 2.50 bits per heavy atom. The number of halogens is 1. The second kappa shape index (κ2) is 13.7. The second-order valence-corrected chi connectivity index (χ2v) is 8.57. The average molecular weight is 518 g/mol. The molecule has 0 aliphatic heterocycles. The van der Waals surface area contributed by atoms with E-state index in [0.717, 1.165) is 23.8 Å². The van der Waals surface area contributed by atoms with Gasteiger partial charge in [-0.1, -0.05) is 13.8 Å². The number of sulfonamides is 1. The molecular weight excluding hydrogens is 487 g/mol. The number of methoxy groups -OCH3 is 1. The van der Waals surface area contributed by atoms with Crippen molar-refractivity contribution in [3.05, 3.63) is 17.0 Å². The Kier molecular flexibility index (Phi) is 13.5. The molecule has 0 aliphatic rings. The minimum absolute atomic E-state index is 0. The number of thiophene rings is 1. The van der Waals surface area contributed by atoms with Crippen molar-refractivity contribution in [2.75, 3.05) is 46.4 Å². The summed E-state index contributed by atoms with van der Waals surface area (Å²) in [5, 5.41) is 6.42. The molecule has 0 amide bonds.